The minimum Gasteiger partial charge on any atom is -0.496 e. The molecule has 0 saturated carbocycles. The van der Waals surface area contributed by atoms with Crippen LogP contribution in [0.3, 0.4) is 0 Å². The maximum Gasteiger partial charge on any atom is 0.225 e. The van der Waals surface area contributed by atoms with Gasteiger partial charge in [-0.2, -0.15) is 5.26 Å². The van der Waals surface area contributed by atoms with Crippen molar-refractivity contribution in [3.05, 3.63) is 45.3 Å². The van der Waals surface area contributed by atoms with Crippen molar-refractivity contribution >= 4 is 28.2 Å². The average molecular weight is 426 g/mol. The summed E-state index contributed by atoms with van der Waals surface area (Å²) in [6.07, 6.45) is 2.87. The number of rotatable bonds is 7. The van der Waals surface area contributed by atoms with E-state index >= 15 is 0 Å². The fourth-order valence-electron chi connectivity index (χ4n) is 3.73. The number of hydrogen-bond acceptors (Lipinski definition) is 5. The molecule has 7 heteroatoms. The molecule has 0 radical (unpaired) electrons. The zero-order chi connectivity index (χ0) is 21.7. The third kappa shape index (κ3) is 4.82. The van der Waals surface area contributed by atoms with Gasteiger partial charge in [0.05, 0.1) is 19.2 Å². The molecule has 0 spiro atoms. The fourth-order valence-corrected chi connectivity index (χ4v) is 4.96. The summed E-state index contributed by atoms with van der Waals surface area (Å²) >= 11 is 1.41. The van der Waals surface area contributed by atoms with Gasteiger partial charge in [-0.1, -0.05) is 24.6 Å². The van der Waals surface area contributed by atoms with Crippen LogP contribution in [0.25, 0.3) is 0 Å². The van der Waals surface area contributed by atoms with Gasteiger partial charge >= 0.3 is 0 Å². The number of hydrogen-bond donors (Lipinski definition) is 1. The molecule has 2 aromatic rings. The van der Waals surface area contributed by atoms with Crippen molar-refractivity contribution < 1.29 is 14.3 Å². The van der Waals surface area contributed by atoms with Crippen LogP contribution in [0.5, 0.6) is 5.75 Å². The van der Waals surface area contributed by atoms with Crippen LogP contribution < -0.4 is 10.1 Å². The lowest BCUT2D eigenvalue weighted by Crippen LogP contribution is -2.35. The molecule has 30 heavy (non-hydrogen) atoms. The number of carbonyl (C=O) groups is 2. The molecule has 1 aliphatic rings. The van der Waals surface area contributed by atoms with E-state index in [4.69, 9.17) is 4.74 Å². The van der Waals surface area contributed by atoms with Gasteiger partial charge in [0.1, 0.15) is 16.8 Å². The third-order valence-electron chi connectivity index (χ3n) is 5.30. The Morgan fingerprint density at radius 1 is 1.33 bits per heavy atom. The molecule has 6 nitrogen and oxygen atoms in total. The molecule has 0 atom stereocenters. The van der Waals surface area contributed by atoms with E-state index in [1.807, 2.05) is 36.9 Å². The van der Waals surface area contributed by atoms with Crippen molar-refractivity contribution in [2.24, 2.45) is 0 Å². The molecular weight excluding hydrogens is 398 g/mol. The summed E-state index contributed by atoms with van der Waals surface area (Å²) < 4.78 is 5.38. The molecule has 0 saturated heterocycles. The zero-order valence-corrected chi connectivity index (χ0v) is 18.5. The Kier molecular flexibility index (Phi) is 7.11. The SMILES string of the molecule is CCCC(=O)N1CCc2c(sc(NC(=O)CCc3cc(C)ccc3OC)c2C#N)C1. The standard InChI is InChI=1S/C23H27N3O3S/c1-4-5-22(28)26-11-10-17-18(13-24)23(30-20(17)14-26)25-21(27)9-7-16-12-15(2)6-8-19(16)29-3/h6,8,12H,4-5,7,9-11,14H2,1-3H3,(H,25,27). The first kappa shape index (κ1) is 21.8. The number of methoxy groups -OCH3 is 1. The summed E-state index contributed by atoms with van der Waals surface area (Å²) in [5.41, 5.74) is 3.62. The minimum absolute atomic E-state index is 0.132. The highest BCUT2D eigenvalue weighted by Crippen LogP contribution is 2.37. The fraction of sp³-hybridized carbons (Fsp3) is 0.435. The van der Waals surface area contributed by atoms with E-state index in [1.54, 1.807) is 7.11 Å². The molecule has 1 N–H and O–H groups in total. The van der Waals surface area contributed by atoms with Gasteiger partial charge < -0.3 is 15.0 Å². The normalized spacial score (nSPS) is 12.8. The van der Waals surface area contributed by atoms with Gasteiger partial charge in [0.2, 0.25) is 11.8 Å². The predicted octanol–water partition coefficient (Wildman–Crippen LogP) is 4.19. The molecule has 0 unspecified atom stereocenters. The number of aryl methyl sites for hydroxylation is 2. The number of ether oxygens (including phenoxy) is 1. The molecule has 1 aromatic heterocycles. The number of fused-ring (bicyclic) bond motifs is 1. The van der Waals surface area contributed by atoms with E-state index in [0.717, 1.165) is 33.7 Å². The van der Waals surface area contributed by atoms with Crippen LogP contribution in [0.15, 0.2) is 18.2 Å². The highest BCUT2D eigenvalue weighted by molar-refractivity contribution is 7.16. The van der Waals surface area contributed by atoms with Gasteiger partial charge in [-0.05, 0) is 43.4 Å². The van der Waals surface area contributed by atoms with E-state index in [-0.39, 0.29) is 11.8 Å². The molecule has 0 fully saturated rings. The van der Waals surface area contributed by atoms with Crippen LogP contribution in [0, 0.1) is 18.3 Å². The van der Waals surface area contributed by atoms with Gasteiger partial charge in [-0.25, -0.2) is 0 Å². The lowest BCUT2D eigenvalue weighted by atomic mass is 10.0. The van der Waals surface area contributed by atoms with Crippen LogP contribution >= 0.6 is 11.3 Å². The Balaban J connectivity index is 1.69. The number of anilines is 1. The van der Waals surface area contributed by atoms with E-state index in [9.17, 15) is 14.9 Å². The average Bonchev–Trinajstić information content (AvgIpc) is 3.08. The molecule has 0 aliphatic carbocycles. The maximum absolute atomic E-state index is 12.6. The number of thiophene rings is 1. The number of amides is 2. The highest BCUT2D eigenvalue weighted by Gasteiger charge is 2.27. The summed E-state index contributed by atoms with van der Waals surface area (Å²) in [6.45, 7) is 5.14. The van der Waals surface area contributed by atoms with Crippen molar-refractivity contribution in [1.29, 1.82) is 5.26 Å². The molecule has 158 valence electrons. The zero-order valence-electron chi connectivity index (χ0n) is 17.7. The monoisotopic (exact) mass is 425 g/mol. The first-order valence-corrected chi connectivity index (χ1v) is 11.0. The number of nitrogens with one attached hydrogen (secondary N) is 1. The second-order valence-corrected chi connectivity index (χ2v) is 8.60. The molecule has 1 aromatic carbocycles. The van der Waals surface area contributed by atoms with Gasteiger partial charge in [0.15, 0.2) is 0 Å². The smallest absolute Gasteiger partial charge is 0.225 e. The Hall–Kier alpha value is -2.85. The van der Waals surface area contributed by atoms with Crippen LogP contribution in [0.4, 0.5) is 5.00 Å². The Labute approximate surface area is 181 Å². The van der Waals surface area contributed by atoms with E-state index in [0.29, 0.717) is 49.3 Å². The first-order chi connectivity index (χ1) is 14.5. The molecule has 0 bridgehead atoms. The second kappa shape index (κ2) is 9.77. The number of nitriles is 1. The number of carbonyl (C=O) groups excluding carboxylic acids is 2. The quantitative estimate of drug-likeness (QED) is 0.721. The van der Waals surface area contributed by atoms with Crippen molar-refractivity contribution in [1.82, 2.24) is 4.90 Å². The van der Waals surface area contributed by atoms with Crippen LogP contribution in [0.1, 0.15) is 53.3 Å². The predicted molar refractivity (Wildman–Crippen MR) is 118 cm³/mol. The van der Waals surface area contributed by atoms with Crippen molar-refractivity contribution in [3.63, 3.8) is 0 Å². The largest absolute Gasteiger partial charge is 0.496 e. The third-order valence-corrected chi connectivity index (χ3v) is 6.43. The maximum atomic E-state index is 12.6. The summed E-state index contributed by atoms with van der Waals surface area (Å²) in [4.78, 5) is 27.7. The number of benzene rings is 1. The van der Waals surface area contributed by atoms with E-state index in [1.165, 1.54) is 11.3 Å². The first-order valence-electron chi connectivity index (χ1n) is 10.2. The Morgan fingerprint density at radius 3 is 2.83 bits per heavy atom. The lowest BCUT2D eigenvalue weighted by molar-refractivity contribution is -0.132. The van der Waals surface area contributed by atoms with Crippen molar-refractivity contribution in [2.45, 2.75) is 52.5 Å². The minimum atomic E-state index is -0.132. The lowest BCUT2D eigenvalue weighted by Gasteiger charge is -2.26. The Bertz CT molecular complexity index is 990. The second-order valence-electron chi connectivity index (χ2n) is 7.50. The van der Waals surface area contributed by atoms with Crippen LogP contribution in [-0.2, 0) is 29.0 Å². The van der Waals surface area contributed by atoms with Gasteiger partial charge in [0, 0.05) is 24.3 Å². The number of nitrogens with zero attached hydrogens (tertiary/aromatic N) is 2. The molecule has 3 rings (SSSR count). The molecular formula is C23H27N3O3S. The summed E-state index contributed by atoms with van der Waals surface area (Å²) in [5.74, 6) is 0.787. The molecule has 2 amide bonds. The van der Waals surface area contributed by atoms with E-state index in [2.05, 4.69) is 11.4 Å². The van der Waals surface area contributed by atoms with Gasteiger partial charge in [0.25, 0.3) is 0 Å². The molecule has 2 heterocycles. The molecule has 1 aliphatic heterocycles. The van der Waals surface area contributed by atoms with Crippen molar-refractivity contribution in [3.8, 4) is 11.8 Å². The highest BCUT2D eigenvalue weighted by atomic mass is 32.1. The summed E-state index contributed by atoms with van der Waals surface area (Å²) in [5, 5.41) is 13.2. The van der Waals surface area contributed by atoms with Gasteiger partial charge in [-0.15, -0.1) is 11.3 Å². The Morgan fingerprint density at radius 2 is 2.13 bits per heavy atom. The summed E-state index contributed by atoms with van der Waals surface area (Å²) in [6, 6.07) is 8.17. The van der Waals surface area contributed by atoms with Gasteiger partial charge in [-0.3, -0.25) is 9.59 Å². The van der Waals surface area contributed by atoms with Crippen LogP contribution in [-0.4, -0.2) is 30.4 Å². The van der Waals surface area contributed by atoms with E-state index < -0.39 is 0 Å². The van der Waals surface area contributed by atoms with Crippen molar-refractivity contribution in [2.75, 3.05) is 19.0 Å². The topological polar surface area (TPSA) is 82.4 Å². The van der Waals surface area contributed by atoms with Crippen LogP contribution in [0.2, 0.25) is 0 Å². The summed E-state index contributed by atoms with van der Waals surface area (Å²) in [7, 11) is 1.62.